The lowest BCUT2D eigenvalue weighted by molar-refractivity contribution is -0.0314. The van der Waals surface area contributed by atoms with Crippen LogP contribution in [0.15, 0.2) is 0 Å². The van der Waals surface area contributed by atoms with E-state index >= 15 is 0 Å². The summed E-state index contributed by atoms with van der Waals surface area (Å²) in [7, 11) is 0. The Kier molecular flexibility index (Phi) is 8.70. The Morgan fingerprint density at radius 1 is 1.22 bits per heavy atom. The van der Waals surface area contributed by atoms with Gasteiger partial charge in [-0.15, -0.1) is 0 Å². The number of unbranched alkanes of at least 4 members (excludes halogenated alkanes) is 3. The van der Waals surface area contributed by atoms with Gasteiger partial charge in [-0.05, 0) is 37.6 Å². The molecule has 1 heterocycles. The molecule has 0 radical (unpaired) electrons. The Bertz CT molecular complexity index is 194. The molecule has 1 rings (SSSR count). The molecule has 1 fully saturated rings. The Morgan fingerprint density at radius 3 is 2.78 bits per heavy atom. The van der Waals surface area contributed by atoms with Gasteiger partial charge in [0.05, 0.1) is 6.10 Å². The zero-order valence-corrected chi connectivity index (χ0v) is 12.7. The van der Waals surface area contributed by atoms with Crippen molar-refractivity contribution in [2.24, 2.45) is 11.8 Å². The van der Waals surface area contributed by atoms with Crippen molar-refractivity contribution in [3.8, 4) is 0 Å². The third kappa shape index (κ3) is 6.75. The first-order chi connectivity index (χ1) is 8.74. The van der Waals surface area contributed by atoms with Gasteiger partial charge in [0, 0.05) is 13.2 Å². The maximum Gasteiger partial charge on any atom is 0.0615 e. The summed E-state index contributed by atoms with van der Waals surface area (Å²) in [6.07, 6.45) is 9.82. The van der Waals surface area contributed by atoms with Crippen LogP contribution in [0.25, 0.3) is 0 Å². The van der Waals surface area contributed by atoms with E-state index in [4.69, 9.17) is 4.74 Å². The summed E-state index contributed by atoms with van der Waals surface area (Å²) in [6, 6.07) is 0. The lowest BCUT2D eigenvalue weighted by Crippen LogP contribution is -2.37. The van der Waals surface area contributed by atoms with E-state index in [9.17, 15) is 0 Å². The minimum atomic E-state index is 0.523. The minimum Gasteiger partial charge on any atom is -0.378 e. The van der Waals surface area contributed by atoms with Crippen LogP contribution < -0.4 is 5.32 Å². The van der Waals surface area contributed by atoms with Crippen LogP contribution in [-0.2, 0) is 4.74 Å². The quantitative estimate of drug-likeness (QED) is 0.629. The highest BCUT2D eigenvalue weighted by atomic mass is 16.5. The van der Waals surface area contributed by atoms with Gasteiger partial charge in [0.2, 0.25) is 0 Å². The molecule has 0 spiro atoms. The highest BCUT2D eigenvalue weighted by molar-refractivity contribution is 4.76. The average Bonchev–Trinajstić information content (AvgIpc) is 2.36. The van der Waals surface area contributed by atoms with E-state index in [2.05, 4.69) is 26.1 Å². The monoisotopic (exact) mass is 255 g/mol. The highest BCUT2D eigenvalue weighted by Crippen LogP contribution is 2.24. The second kappa shape index (κ2) is 9.80. The number of hydrogen-bond acceptors (Lipinski definition) is 2. The smallest absolute Gasteiger partial charge is 0.0615 e. The number of rotatable bonds is 9. The van der Waals surface area contributed by atoms with E-state index in [0.717, 1.165) is 31.5 Å². The number of hydrogen-bond donors (Lipinski definition) is 1. The van der Waals surface area contributed by atoms with Gasteiger partial charge < -0.3 is 10.1 Å². The van der Waals surface area contributed by atoms with Crippen LogP contribution in [0.3, 0.4) is 0 Å². The topological polar surface area (TPSA) is 21.3 Å². The first-order valence-electron chi connectivity index (χ1n) is 8.06. The average molecular weight is 255 g/mol. The molecule has 0 aromatic rings. The van der Waals surface area contributed by atoms with Crippen molar-refractivity contribution in [2.45, 2.75) is 71.8 Å². The standard InChI is InChI=1S/C16H33NO/c1-4-5-6-7-10-16-15(9-8-11-18-16)13-17-12-14(2)3/h14-17H,4-13H2,1-3H3. The second-order valence-electron chi connectivity index (χ2n) is 6.21. The summed E-state index contributed by atoms with van der Waals surface area (Å²) in [6.45, 7) is 10.1. The molecule has 2 nitrogen and oxygen atoms in total. The predicted octanol–water partition coefficient (Wildman–Crippen LogP) is 4.00. The molecule has 1 saturated heterocycles. The summed E-state index contributed by atoms with van der Waals surface area (Å²) >= 11 is 0. The molecular weight excluding hydrogens is 222 g/mol. The third-order valence-electron chi connectivity index (χ3n) is 3.88. The zero-order chi connectivity index (χ0) is 13.2. The van der Waals surface area contributed by atoms with E-state index in [0.29, 0.717) is 6.10 Å². The summed E-state index contributed by atoms with van der Waals surface area (Å²) in [5.41, 5.74) is 0. The molecule has 0 saturated carbocycles. The summed E-state index contributed by atoms with van der Waals surface area (Å²) in [5, 5.41) is 3.61. The van der Waals surface area contributed by atoms with Gasteiger partial charge in [-0.3, -0.25) is 0 Å². The van der Waals surface area contributed by atoms with Crippen LogP contribution in [0.4, 0.5) is 0 Å². The largest absolute Gasteiger partial charge is 0.378 e. The van der Waals surface area contributed by atoms with Gasteiger partial charge in [0.15, 0.2) is 0 Å². The summed E-state index contributed by atoms with van der Waals surface area (Å²) < 4.78 is 5.99. The van der Waals surface area contributed by atoms with Gasteiger partial charge in [-0.2, -0.15) is 0 Å². The Balaban J connectivity index is 2.19. The first kappa shape index (κ1) is 16.0. The fourth-order valence-corrected chi connectivity index (χ4v) is 2.78. The van der Waals surface area contributed by atoms with Crippen LogP contribution >= 0.6 is 0 Å². The fraction of sp³-hybridized carbons (Fsp3) is 1.00. The molecule has 2 unspecified atom stereocenters. The van der Waals surface area contributed by atoms with Gasteiger partial charge in [0.25, 0.3) is 0 Å². The number of ether oxygens (including phenoxy) is 1. The van der Waals surface area contributed by atoms with E-state index in [1.807, 2.05) is 0 Å². The van der Waals surface area contributed by atoms with E-state index in [1.54, 1.807) is 0 Å². The molecule has 1 aliphatic heterocycles. The van der Waals surface area contributed by atoms with Crippen LogP contribution in [0.5, 0.6) is 0 Å². The van der Waals surface area contributed by atoms with Crippen molar-refractivity contribution in [3.05, 3.63) is 0 Å². The molecule has 1 aliphatic rings. The molecule has 2 heteroatoms. The Labute approximate surface area is 114 Å². The van der Waals surface area contributed by atoms with Crippen molar-refractivity contribution in [3.63, 3.8) is 0 Å². The van der Waals surface area contributed by atoms with Gasteiger partial charge in [-0.1, -0.05) is 46.5 Å². The van der Waals surface area contributed by atoms with Crippen molar-refractivity contribution in [2.75, 3.05) is 19.7 Å². The Hall–Kier alpha value is -0.0800. The molecule has 0 aromatic heterocycles. The van der Waals surface area contributed by atoms with Crippen LogP contribution in [-0.4, -0.2) is 25.8 Å². The molecule has 2 atom stereocenters. The van der Waals surface area contributed by atoms with Crippen LogP contribution in [0.1, 0.15) is 65.7 Å². The van der Waals surface area contributed by atoms with Gasteiger partial charge in [-0.25, -0.2) is 0 Å². The number of nitrogens with one attached hydrogen (secondary N) is 1. The lowest BCUT2D eigenvalue weighted by Gasteiger charge is -2.32. The van der Waals surface area contributed by atoms with Gasteiger partial charge >= 0.3 is 0 Å². The first-order valence-corrected chi connectivity index (χ1v) is 8.06. The zero-order valence-electron chi connectivity index (χ0n) is 12.7. The normalized spacial score (nSPS) is 24.7. The second-order valence-corrected chi connectivity index (χ2v) is 6.21. The maximum atomic E-state index is 5.99. The molecule has 0 aromatic carbocycles. The van der Waals surface area contributed by atoms with E-state index in [1.165, 1.54) is 44.9 Å². The molecule has 1 N–H and O–H groups in total. The molecule has 108 valence electrons. The minimum absolute atomic E-state index is 0.523. The summed E-state index contributed by atoms with van der Waals surface area (Å²) in [4.78, 5) is 0. The highest BCUT2D eigenvalue weighted by Gasteiger charge is 2.24. The Morgan fingerprint density at radius 2 is 2.06 bits per heavy atom. The van der Waals surface area contributed by atoms with Crippen molar-refractivity contribution >= 4 is 0 Å². The third-order valence-corrected chi connectivity index (χ3v) is 3.88. The SMILES string of the molecule is CCCCCCC1OCCCC1CNCC(C)C. The molecular formula is C16H33NO. The van der Waals surface area contributed by atoms with E-state index < -0.39 is 0 Å². The van der Waals surface area contributed by atoms with Crippen molar-refractivity contribution in [1.29, 1.82) is 0 Å². The van der Waals surface area contributed by atoms with Crippen molar-refractivity contribution < 1.29 is 4.74 Å². The van der Waals surface area contributed by atoms with Crippen LogP contribution in [0, 0.1) is 11.8 Å². The molecule has 18 heavy (non-hydrogen) atoms. The van der Waals surface area contributed by atoms with E-state index in [-0.39, 0.29) is 0 Å². The van der Waals surface area contributed by atoms with Crippen molar-refractivity contribution in [1.82, 2.24) is 5.32 Å². The molecule has 0 bridgehead atoms. The van der Waals surface area contributed by atoms with Crippen LogP contribution in [0.2, 0.25) is 0 Å². The molecule has 0 aliphatic carbocycles. The summed E-state index contributed by atoms with van der Waals surface area (Å²) in [5.74, 6) is 1.50. The van der Waals surface area contributed by atoms with Gasteiger partial charge in [0.1, 0.15) is 0 Å². The predicted molar refractivity (Wildman–Crippen MR) is 78.9 cm³/mol. The molecule has 0 amide bonds. The maximum absolute atomic E-state index is 5.99. The fourth-order valence-electron chi connectivity index (χ4n) is 2.78. The lowest BCUT2D eigenvalue weighted by atomic mass is 9.90.